The molecule has 0 bridgehead atoms. The van der Waals surface area contributed by atoms with Crippen molar-refractivity contribution < 1.29 is 0 Å². The lowest BCUT2D eigenvalue weighted by atomic mass is 10.00. The van der Waals surface area contributed by atoms with E-state index in [9.17, 15) is 0 Å². The predicted molar refractivity (Wildman–Crippen MR) is 73.7 cm³/mol. The third kappa shape index (κ3) is 2.42. The Morgan fingerprint density at radius 1 is 1.41 bits per heavy atom. The highest BCUT2D eigenvalue weighted by Crippen LogP contribution is 2.26. The molecule has 1 fully saturated rings. The normalized spacial score (nSPS) is 20.6. The second kappa shape index (κ2) is 5.02. The summed E-state index contributed by atoms with van der Waals surface area (Å²) in [6.07, 6.45) is 2.62. The number of hydrogen-bond donors (Lipinski definition) is 2. The van der Waals surface area contributed by atoms with E-state index in [-0.39, 0.29) is 0 Å². The molecule has 2 heterocycles. The second-order valence-corrected chi connectivity index (χ2v) is 5.43. The fourth-order valence-electron chi connectivity index (χ4n) is 2.35. The van der Waals surface area contributed by atoms with Crippen LogP contribution in [0.3, 0.4) is 0 Å². The maximum atomic E-state index is 4.49. The summed E-state index contributed by atoms with van der Waals surface area (Å²) in [6, 6.07) is 8.40. The molecule has 1 unspecified atom stereocenters. The van der Waals surface area contributed by atoms with Crippen LogP contribution < -0.4 is 10.6 Å². The van der Waals surface area contributed by atoms with E-state index in [0.717, 1.165) is 24.8 Å². The molecule has 2 N–H and O–H groups in total. The first kappa shape index (κ1) is 11.0. The third-order valence-electron chi connectivity index (χ3n) is 3.33. The highest BCUT2D eigenvalue weighted by molar-refractivity contribution is 7.13. The van der Waals surface area contributed by atoms with E-state index in [1.165, 1.54) is 29.5 Å². The van der Waals surface area contributed by atoms with Gasteiger partial charge in [0.15, 0.2) is 0 Å². The van der Waals surface area contributed by atoms with Gasteiger partial charge >= 0.3 is 0 Å². The van der Waals surface area contributed by atoms with Crippen LogP contribution in [0.4, 0.5) is 5.82 Å². The molecule has 1 aliphatic heterocycles. The number of piperidine rings is 1. The van der Waals surface area contributed by atoms with Crippen molar-refractivity contribution in [1.82, 2.24) is 9.69 Å². The third-order valence-corrected chi connectivity index (χ3v) is 4.16. The maximum Gasteiger partial charge on any atom is 0.147 e. The minimum atomic E-state index is 0.740. The molecular weight excluding hydrogens is 230 g/mol. The lowest BCUT2D eigenvalue weighted by Gasteiger charge is -2.22. The summed E-state index contributed by atoms with van der Waals surface area (Å²) in [5.74, 6) is 1.79. The number of anilines is 1. The molecule has 0 aliphatic carbocycles. The number of hydrogen-bond acceptors (Lipinski definition) is 4. The lowest BCUT2D eigenvalue weighted by Crippen LogP contribution is -2.33. The average molecular weight is 247 g/mol. The number of benzene rings is 1. The topological polar surface area (TPSA) is 37.0 Å². The van der Waals surface area contributed by atoms with Crippen LogP contribution >= 0.6 is 11.5 Å². The molecule has 3 nitrogen and oxygen atoms in total. The van der Waals surface area contributed by atoms with Crippen LogP contribution in [-0.4, -0.2) is 24.0 Å². The summed E-state index contributed by atoms with van der Waals surface area (Å²) >= 11 is 1.57. The Morgan fingerprint density at radius 3 is 3.24 bits per heavy atom. The van der Waals surface area contributed by atoms with Crippen molar-refractivity contribution >= 4 is 27.4 Å². The quantitative estimate of drug-likeness (QED) is 0.875. The molecule has 17 heavy (non-hydrogen) atoms. The van der Waals surface area contributed by atoms with Crippen molar-refractivity contribution in [1.29, 1.82) is 0 Å². The van der Waals surface area contributed by atoms with Crippen molar-refractivity contribution in [2.24, 2.45) is 5.92 Å². The number of nitrogens with one attached hydrogen (secondary N) is 2. The molecule has 1 saturated heterocycles. The van der Waals surface area contributed by atoms with Gasteiger partial charge in [-0.15, -0.1) is 0 Å². The molecule has 2 aromatic rings. The maximum absolute atomic E-state index is 4.49. The molecule has 1 atom stereocenters. The van der Waals surface area contributed by atoms with Crippen LogP contribution in [0.25, 0.3) is 10.1 Å². The fraction of sp³-hybridized carbons (Fsp3) is 0.462. The molecule has 3 rings (SSSR count). The zero-order chi connectivity index (χ0) is 11.5. The van der Waals surface area contributed by atoms with Crippen LogP contribution in [0, 0.1) is 5.92 Å². The molecule has 90 valence electrons. The standard InChI is InChI=1S/C13H17N3S/c1-2-6-12-11(5-1)13(16-17-12)15-9-10-4-3-7-14-8-10/h1-2,5-6,10,14H,3-4,7-9H2,(H,15,16). The summed E-state index contributed by atoms with van der Waals surface area (Å²) in [4.78, 5) is 0. The van der Waals surface area contributed by atoms with Crippen molar-refractivity contribution in [3.05, 3.63) is 24.3 Å². The summed E-state index contributed by atoms with van der Waals surface area (Å²) in [5, 5.41) is 8.19. The van der Waals surface area contributed by atoms with Crippen molar-refractivity contribution in [2.75, 3.05) is 25.0 Å². The van der Waals surface area contributed by atoms with Gasteiger partial charge in [-0.2, -0.15) is 4.37 Å². The fourth-order valence-corrected chi connectivity index (χ4v) is 3.11. The Bertz CT molecular complexity index is 488. The second-order valence-electron chi connectivity index (χ2n) is 4.62. The monoisotopic (exact) mass is 247 g/mol. The predicted octanol–water partition coefficient (Wildman–Crippen LogP) is 2.71. The number of nitrogens with zero attached hydrogens (tertiary/aromatic N) is 1. The summed E-state index contributed by atoms with van der Waals surface area (Å²) in [6.45, 7) is 3.34. The van der Waals surface area contributed by atoms with E-state index in [0.29, 0.717) is 0 Å². The minimum Gasteiger partial charge on any atom is -0.368 e. The van der Waals surface area contributed by atoms with Gasteiger partial charge in [0.05, 0.1) is 4.70 Å². The molecule has 0 saturated carbocycles. The lowest BCUT2D eigenvalue weighted by molar-refractivity contribution is 0.393. The van der Waals surface area contributed by atoms with Crippen molar-refractivity contribution in [3.8, 4) is 0 Å². The van der Waals surface area contributed by atoms with Gasteiger partial charge in [0, 0.05) is 11.9 Å². The highest BCUT2D eigenvalue weighted by atomic mass is 32.1. The molecule has 1 aliphatic rings. The largest absolute Gasteiger partial charge is 0.368 e. The summed E-state index contributed by atoms with van der Waals surface area (Å²) in [5.41, 5.74) is 0. The van der Waals surface area contributed by atoms with Crippen LogP contribution in [0.5, 0.6) is 0 Å². The van der Waals surface area contributed by atoms with Gasteiger partial charge in [0.1, 0.15) is 5.82 Å². The van der Waals surface area contributed by atoms with E-state index < -0.39 is 0 Å². The first-order chi connectivity index (χ1) is 8.43. The average Bonchev–Trinajstić information content (AvgIpc) is 2.81. The van der Waals surface area contributed by atoms with E-state index >= 15 is 0 Å². The minimum absolute atomic E-state index is 0.740. The molecule has 1 aromatic heterocycles. The highest BCUT2D eigenvalue weighted by Gasteiger charge is 2.13. The molecule has 0 radical (unpaired) electrons. The Kier molecular flexibility index (Phi) is 3.25. The van der Waals surface area contributed by atoms with Gasteiger partial charge in [0.2, 0.25) is 0 Å². The number of rotatable bonds is 3. The van der Waals surface area contributed by atoms with E-state index in [4.69, 9.17) is 0 Å². The Hall–Kier alpha value is -1.13. The molecular formula is C13H17N3S. The van der Waals surface area contributed by atoms with Crippen molar-refractivity contribution in [3.63, 3.8) is 0 Å². The van der Waals surface area contributed by atoms with E-state index in [1.54, 1.807) is 11.5 Å². The molecule has 0 amide bonds. The molecule has 0 spiro atoms. The SMILES string of the molecule is c1ccc2c(NCC3CCCNC3)nsc2c1. The zero-order valence-electron chi connectivity index (χ0n) is 9.78. The Labute approximate surface area is 105 Å². The van der Waals surface area contributed by atoms with Gasteiger partial charge in [0.25, 0.3) is 0 Å². The Morgan fingerprint density at radius 2 is 2.35 bits per heavy atom. The van der Waals surface area contributed by atoms with Gasteiger partial charge in [-0.25, -0.2) is 0 Å². The molecule has 4 heteroatoms. The van der Waals surface area contributed by atoms with Gasteiger partial charge < -0.3 is 10.6 Å². The van der Waals surface area contributed by atoms with E-state index in [2.05, 4.69) is 39.3 Å². The first-order valence-corrected chi connectivity index (χ1v) is 7.00. The zero-order valence-corrected chi connectivity index (χ0v) is 10.6. The number of fused-ring (bicyclic) bond motifs is 1. The van der Waals surface area contributed by atoms with Crippen LogP contribution in [0.1, 0.15) is 12.8 Å². The van der Waals surface area contributed by atoms with E-state index in [1.807, 2.05) is 0 Å². The van der Waals surface area contributed by atoms with Crippen molar-refractivity contribution in [2.45, 2.75) is 12.8 Å². The van der Waals surface area contributed by atoms with Crippen LogP contribution in [0.2, 0.25) is 0 Å². The van der Waals surface area contributed by atoms with Gasteiger partial charge in [-0.3, -0.25) is 0 Å². The van der Waals surface area contributed by atoms with Gasteiger partial charge in [-0.1, -0.05) is 12.1 Å². The smallest absolute Gasteiger partial charge is 0.147 e. The van der Waals surface area contributed by atoms with Gasteiger partial charge in [-0.05, 0) is 55.5 Å². The van der Waals surface area contributed by atoms with Crippen LogP contribution in [0.15, 0.2) is 24.3 Å². The summed E-state index contributed by atoms with van der Waals surface area (Å²) in [7, 11) is 0. The number of aromatic nitrogens is 1. The Balaban J connectivity index is 1.68. The summed E-state index contributed by atoms with van der Waals surface area (Å²) < 4.78 is 5.75. The molecule has 1 aromatic carbocycles. The van der Waals surface area contributed by atoms with Crippen LogP contribution in [-0.2, 0) is 0 Å². The first-order valence-electron chi connectivity index (χ1n) is 6.22.